The van der Waals surface area contributed by atoms with Crippen LogP contribution < -0.4 is 0 Å². The minimum absolute atomic E-state index is 0.115. The summed E-state index contributed by atoms with van der Waals surface area (Å²) in [6.07, 6.45) is 0. The van der Waals surface area contributed by atoms with Crippen molar-refractivity contribution in [1.82, 2.24) is 0 Å². The number of hydrogen-bond acceptors (Lipinski definition) is 3. The minimum Gasteiger partial charge on any atom is -0.481 e. The number of carboxylic acid groups (broad SMARTS) is 2. The Hall–Kier alpha value is -1.01. The Kier molecular flexibility index (Phi) is 4.16. The predicted molar refractivity (Wildman–Crippen MR) is 59.5 cm³/mol. The van der Waals surface area contributed by atoms with Gasteiger partial charge in [0.05, 0.1) is 11.3 Å². The lowest BCUT2D eigenvalue weighted by Gasteiger charge is -2.04. The van der Waals surface area contributed by atoms with Gasteiger partial charge in [-0.3, -0.25) is 4.79 Å². The summed E-state index contributed by atoms with van der Waals surface area (Å²) in [7, 11) is 0. The molecule has 1 aromatic rings. The van der Waals surface area contributed by atoms with Crippen molar-refractivity contribution in [2.24, 2.45) is 0 Å². The van der Waals surface area contributed by atoms with Crippen molar-refractivity contribution in [3.05, 3.63) is 28.2 Å². The molecular weight excluding hydrogens is 284 g/mol. The first-order valence-corrected chi connectivity index (χ1v) is 5.66. The Morgan fingerprint density at radius 2 is 2.00 bits per heavy atom. The third-order valence-electron chi connectivity index (χ3n) is 1.53. The first-order chi connectivity index (χ1) is 7.00. The average molecular weight is 291 g/mol. The van der Waals surface area contributed by atoms with Crippen LogP contribution in [-0.2, 0) is 4.79 Å². The Morgan fingerprint density at radius 3 is 2.53 bits per heavy atom. The summed E-state index contributed by atoms with van der Waals surface area (Å²) in [6.45, 7) is 0. The number of aliphatic carboxylic acids is 1. The van der Waals surface area contributed by atoms with E-state index < -0.39 is 11.9 Å². The number of thioether (sulfide) groups is 1. The van der Waals surface area contributed by atoms with Crippen LogP contribution in [0.4, 0.5) is 0 Å². The van der Waals surface area contributed by atoms with Crippen LogP contribution in [0.3, 0.4) is 0 Å². The third-order valence-corrected chi connectivity index (χ3v) is 3.06. The van der Waals surface area contributed by atoms with E-state index >= 15 is 0 Å². The Balaban J connectivity index is 2.96. The second kappa shape index (κ2) is 5.18. The van der Waals surface area contributed by atoms with Gasteiger partial charge >= 0.3 is 11.9 Å². The second-order valence-electron chi connectivity index (χ2n) is 2.63. The quantitative estimate of drug-likeness (QED) is 0.833. The molecule has 0 saturated carbocycles. The molecule has 0 saturated heterocycles. The van der Waals surface area contributed by atoms with Crippen molar-refractivity contribution in [2.75, 3.05) is 5.75 Å². The second-order valence-corrected chi connectivity index (χ2v) is 4.56. The highest BCUT2D eigenvalue weighted by Crippen LogP contribution is 2.26. The molecule has 0 spiro atoms. The Labute approximate surface area is 98.4 Å². The molecule has 6 heteroatoms. The van der Waals surface area contributed by atoms with Gasteiger partial charge in [0.15, 0.2) is 0 Å². The van der Waals surface area contributed by atoms with Crippen molar-refractivity contribution in [3.8, 4) is 0 Å². The van der Waals surface area contributed by atoms with Crippen LogP contribution >= 0.6 is 27.7 Å². The van der Waals surface area contributed by atoms with Gasteiger partial charge in [0.1, 0.15) is 0 Å². The number of halogens is 1. The predicted octanol–water partition coefficient (Wildman–Crippen LogP) is 2.32. The highest BCUT2D eigenvalue weighted by atomic mass is 79.9. The van der Waals surface area contributed by atoms with Crippen LogP contribution in [0.25, 0.3) is 0 Å². The molecular formula is C9H7BrO4S. The van der Waals surface area contributed by atoms with Crippen molar-refractivity contribution in [2.45, 2.75) is 4.90 Å². The zero-order valence-corrected chi connectivity index (χ0v) is 9.84. The van der Waals surface area contributed by atoms with Gasteiger partial charge in [-0.05, 0) is 18.2 Å². The number of carbonyl (C=O) groups is 2. The van der Waals surface area contributed by atoms with E-state index in [9.17, 15) is 9.59 Å². The summed E-state index contributed by atoms with van der Waals surface area (Å²) in [6, 6.07) is 4.64. The standard InChI is InChI=1S/C9H7BrO4S/c10-5-1-2-6(9(13)14)7(3-5)15-4-8(11)12/h1-3H,4H2,(H,11,12)(H,13,14). The molecule has 0 unspecified atom stereocenters. The lowest BCUT2D eigenvalue weighted by molar-refractivity contribution is -0.133. The van der Waals surface area contributed by atoms with E-state index in [4.69, 9.17) is 10.2 Å². The minimum atomic E-state index is -1.06. The van der Waals surface area contributed by atoms with Crippen molar-refractivity contribution >= 4 is 39.6 Å². The van der Waals surface area contributed by atoms with Gasteiger partial charge in [-0.2, -0.15) is 0 Å². The first-order valence-electron chi connectivity index (χ1n) is 3.88. The summed E-state index contributed by atoms with van der Waals surface area (Å²) in [5.41, 5.74) is 0.115. The zero-order valence-electron chi connectivity index (χ0n) is 7.44. The number of hydrogen-bond donors (Lipinski definition) is 2. The van der Waals surface area contributed by atoms with Crippen LogP contribution in [0.2, 0.25) is 0 Å². The third kappa shape index (κ3) is 3.56. The van der Waals surface area contributed by atoms with Gasteiger partial charge in [-0.1, -0.05) is 15.9 Å². The SMILES string of the molecule is O=C(O)CSc1cc(Br)ccc1C(=O)O. The topological polar surface area (TPSA) is 74.6 Å². The molecule has 0 amide bonds. The maximum absolute atomic E-state index is 10.8. The fourth-order valence-electron chi connectivity index (χ4n) is 0.932. The lowest BCUT2D eigenvalue weighted by Crippen LogP contribution is -2.02. The van der Waals surface area contributed by atoms with Crippen LogP contribution in [0.1, 0.15) is 10.4 Å². The summed E-state index contributed by atoms with van der Waals surface area (Å²) >= 11 is 4.19. The molecule has 0 aromatic heterocycles. The fourth-order valence-corrected chi connectivity index (χ4v) is 2.24. The molecule has 0 aliphatic heterocycles. The molecule has 0 atom stereocenters. The number of carboxylic acids is 2. The fraction of sp³-hybridized carbons (Fsp3) is 0.111. The van der Waals surface area contributed by atoms with E-state index in [0.29, 0.717) is 4.90 Å². The monoisotopic (exact) mass is 290 g/mol. The normalized spacial score (nSPS) is 9.93. The van der Waals surface area contributed by atoms with E-state index in [1.165, 1.54) is 6.07 Å². The van der Waals surface area contributed by atoms with Crippen molar-refractivity contribution in [3.63, 3.8) is 0 Å². The van der Waals surface area contributed by atoms with E-state index in [0.717, 1.165) is 16.2 Å². The zero-order chi connectivity index (χ0) is 11.4. The van der Waals surface area contributed by atoms with Gasteiger partial charge < -0.3 is 10.2 Å². The summed E-state index contributed by atoms with van der Waals surface area (Å²) in [5.74, 6) is -2.19. The molecule has 0 aliphatic rings. The summed E-state index contributed by atoms with van der Waals surface area (Å²) in [4.78, 5) is 21.6. The molecule has 15 heavy (non-hydrogen) atoms. The summed E-state index contributed by atoms with van der Waals surface area (Å²) < 4.78 is 0.723. The van der Waals surface area contributed by atoms with E-state index in [1.807, 2.05) is 0 Å². The largest absolute Gasteiger partial charge is 0.481 e. The van der Waals surface area contributed by atoms with Gasteiger partial charge in [-0.25, -0.2) is 4.79 Å². The molecule has 80 valence electrons. The van der Waals surface area contributed by atoms with Crippen LogP contribution in [-0.4, -0.2) is 27.9 Å². The molecule has 0 heterocycles. The molecule has 1 aromatic carbocycles. The van der Waals surface area contributed by atoms with Crippen LogP contribution in [0, 0.1) is 0 Å². The number of benzene rings is 1. The molecule has 0 aliphatic carbocycles. The lowest BCUT2D eigenvalue weighted by atomic mass is 10.2. The van der Waals surface area contributed by atoms with E-state index in [-0.39, 0.29) is 11.3 Å². The van der Waals surface area contributed by atoms with Gasteiger partial charge in [0, 0.05) is 9.37 Å². The van der Waals surface area contributed by atoms with Gasteiger partial charge in [0.2, 0.25) is 0 Å². The van der Waals surface area contributed by atoms with Crippen molar-refractivity contribution < 1.29 is 19.8 Å². The van der Waals surface area contributed by atoms with E-state index in [1.54, 1.807) is 12.1 Å². The van der Waals surface area contributed by atoms with Crippen LogP contribution in [0.15, 0.2) is 27.6 Å². The molecule has 0 radical (unpaired) electrons. The molecule has 0 bridgehead atoms. The molecule has 0 fully saturated rings. The number of aromatic carboxylic acids is 1. The van der Waals surface area contributed by atoms with Crippen molar-refractivity contribution in [1.29, 1.82) is 0 Å². The first kappa shape index (κ1) is 12.1. The molecule has 1 rings (SSSR count). The Bertz CT molecular complexity index is 405. The Morgan fingerprint density at radius 1 is 1.33 bits per heavy atom. The van der Waals surface area contributed by atoms with E-state index in [2.05, 4.69) is 15.9 Å². The average Bonchev–Trinajstić information content (AvgIpc) is 2.14. The molecule has 4 nitrogen and oxygen atoms in total. The van der Waals surface area contributed by atoms with Gasteiger partial charge in [-0.15, -0.1) is 11.8 Å². The number of rotatable bonds is 4. The molecule has 2 N–H and O–H groups in total. The maximum Gasteiger partial charge on any atom is 0.336 e. The highest BCUT2D eigenvalue weighted by Gasteiger charge is 2.11. The maximum atomic E-state index is 10.8. The highest BCUT2D eigenvalue weighted by molar-refractivity contribution is 9.10. The van der Waals surface area contributed by atoms with Crippen LogP contribution in [0.5, 0.6) is 0 Å². The smallest absolute Gasteiger partial charge is 0.336 e. The summed E-state index contributed by atoms with van der Waals surface area (Å²) in [5, 5.41) is 17.3. The van der Waals surface area contributed by atoms with Gasteiger partial charge in [0.25, 0.3) is 0 Å².